The fourth-order valence-corrected chi connectivity index (χ4v) is 3.56. The van der Waals surface area contributed by atoms with Crippen molar-refractivity contribution in [3.63, 3.8) is 0 Å². The molecule has 3 aromatic rings. The van der Waals surface area contributed by atoms with E-state index in [1.165, 1.54) is 6.26 Å². The Bertz CT molecular complexity index is 1090. The van der Waals surface area contributed by atoms with Crippen molar-refractivity contribution in [3.05, 3.63) is 83.6 Å². The molecule has 0 aliphatic heterocycles. The van der Waals surface area contributed by atoms with Gasteiger partial charge in [-0.1, -0.05) is 42.5 Å². The first-order valence-corrected chi connectivity index (χ1v) is 10.8. The van der Waals surface area contributed by atoms with E-state index in [9.17, 15) is 13.2 Å². The minimum atomic E-state index is -3.24. The third kappa shape index (κ3) is 4.46. The van der Waals surface area contributed by atoms with Gasteiger partial charge in [-0.2, -0.15) is 0 Å². The van der Waals surface area contributed by atoms with Crippen molar-refractivity contribution >= 4 is 15.7 Å². The lowest BCUT2D eigenvalue weighted by molar-refractivity contribution is 0.0939. The first kappa shape index (κ1) is 19.8. The minimum Gasteiger partial charge on any atom is -0.345 e. The van der Waals surface area contributed by atoms with Crippen LogP contribution < -0.4 is 5.32 Å². The molecule has 0 spiro atoms. The van der Waals surface area contributed by atoms with Gasteiger partial charge >= 0.3 is 0 Å². The van der Waals surface area contributed by atoms with E-state index in [2.05, 4.69) is 10.3 Å². The van der Waals surface area contributed by atoms with Gasteiger partial charge in [0.15, 0.2) is 9.84 Å². The van der Waals surface area contributed by atoms with E-state index in [-0.39, 0.29) is 16.8 Å². The van der Waals surface area contributed by atoms with Gasteiger partial charge in [-0.25, -0.2) is 8.42 Å². The van der Waals surface area contributed by atoms with Crippen LogP contribution in [-0.4, -0.2) is 25.6 Å². The van der Waals surface area contributed by atoms with Gasteiger partial charge in [0.1, 0.15) is 0 Å². The van der Waals surface area contributed by atoms with Gasteiger partial charge in [0, 0.05) is 11.8 Å². The topological polar surface area (TPSA) is 76.1 Å². The molecule has 144 valence electrons. The molecule has 1 aromatic heterocycles. The Labute approximate surface area is 165 Å². The summed E-state index contributed by atoms with van der Waals surface area (Å²) in [6.45, 7) is 3.67. The van der Waals surface area contributed by atoms with Crippen LogP contribution in [0.5, 0.6) is 0 Å². The zero-order valence-electron chi connectivity index (χ0n) is 16.0. The Morgan fingerprint density at radius 1 is 0.964 bits per heavy atom. The average molecular weight is 394 g/mol. The first-order chi connectivity index (χ1) is 13.3. The maximum atomic E-state index is 12.7. The molecule has 28 heavy (non-hydrogen) atoms. The van der Waals surface area contributed by atoms with Gasteiger partial charge in [0.05, 0.1) is 27.9 Å². The van der Waals surface area contributed by atoms with E-state index < -0.39 is 9.84 Å². The quantitative estimate of drug-likeness (QED) is 0.711. The maximum absolute atomic E-state index is 12.7. The molecule has 1 heterocycles. The number of aryl methyl sites for hydroxylation is 1. The van der Waals surface area contributed by atoms with Crippen molar-refractivity contribution in [2.45, 2.75) is 24.8 Å². The second-order valence-corrected chi connectivity index (χ2v) is 8.75. The van der Waals surface area contributed by atoms with Crippen LogP contribution in [0.2, 0.25) is 0 Å². The number of benzene rings is 2. The molecular formula is C22H22N2O3S. The van der Waals surface area contributed by atoms with Crippen LogP contribution in [0, 0.1) is 6.92 Å². The zero-order valence-corrected chi connectivity index (χ0v) is 16.8. The number of rotatable bonds is 5. The van der Waals surface area contributed by atoms with Crippen molar-refractivity contribution in [2.24, 2.45) is 0 Å². The molecular weight excluding hydrogens is 372 g/mol. The molecule has 0 saturated carbocycles. The van der Waals surface area contributed by atoms with Gasteiger partial charge in [0.2, 0.25) is 0 Å². The number of nitrogens with zero attached hydrogens (tertiary/aromatic N) is 1. The zero-order chi connectivity index (χ0) is 20.3. The molecule has 0 fully saturated rings. The van der Waals surface area contributed by atoms with E-state index in [4.69, 9.17) is 0 Å². The van der Waals surface area contributed by atoms with Crippen LogP contribution in [0.15, 0.2) is 71.6 Å². The second kappa shape index (κ2) is 7.94. The molecule has 1 unspecified atom stereocenters. The summed E-state index contributed by atoms with van der Waals surface area (Å²) in [6, 6.07) is 19.7. The SMILES string of the molecule is Cc1nc(-c2ccccc2)ccc1C(=O)NC(C)c1ccc(S(C)(=O)=O)cc1. The first-order valence-electron chi connectivity index (χ1n) is 8.89. The van der Waals surface area contributed by atoms with E-state index in [0.29, 0.717) is 11.3 Å². The summed E-state index contributed by atoms with van der Waals surface area (Å²) >= 11 is 0. The Hall–Kier alpha value is -2.99. The van der Waals surface area contributed by atoms with Crippen molar-refractivity contribution < 1.29 is 13.2 Å². The van der Waals surface area contributed by atoms with Crippen LogP contribution in [0.4, 0.5) is 0 Å². The van der Waals surface area contributed by atoms with Crippen molar-refractivity contribution in [1.82, 2.24) is 10.3 Å². The molecule has 2 aromatic carbocycles. The number of amides is 1. The van der Waals surface area contributed by atoms with E-state index in [1.54, 1.807) is 30.3 Å². The Morgan fingerprint density at radius 3 is 2.18 bits per heavy atom. The highest BCUT2D eigenvalue weighted by Gasteiger charge is 2.16. The monoisotopic (exact) mass is 394 g/mol. The molecule has 0 aliphatic rings. The van der Waals surface area contributed by atoms with Crippen LogP contribution >= 0.6 is 0 Å². The predicted octanol–water partition coefficient (Wildman–Crippen LogP) is 3.95. The summed E-state index contributed by atoms with van der Waals surface area (Å²) in [5, 5.41) is 2.94. The second-order valence-electron chi connectivity index (χ2n) is 6.73. The highest BCUT2D eigenvalue weighted by Crippen LogP contribution is 2.20. The normalized spacial score (nSPS) is 12.4. The van der Waals surface area contributed by atoms with Gasteiger partial charge in [0.25, 0.3) is 5.91 Å². The Kier molecular flexibility index (Phi) is 5.61. The lowest BCUT2D eigenvalue weighted by Crippen LogP contribution is -2.27. The van der Waals surface area contributed by atoms with Crippen LogP contribution in [0.25, 0.3) is 11.3 Å². The number of pyridine rings is 1. The molecule has 1 N–H and O–H groups in total. The van der Waals surface area contributed by atoms with Crippen molar-refractivity contribution in [2.75, 3.05) is 6.26 Å². The fourth-order valence-electron chi connectivity index (χ4n) is 2.93. The summed E-state index contributed by atoms with van der Waals surface area (Å²) in [5.41, 5.74) is 3.81. The third-order valence-corrected chi connectivity index (χ3v) is 5.68. The van der Waals surface area contributed by atoms with Crippen molar-refractivity contribution in [1.29, 1.82) is 0 Å². The molecule has 3 rings (SSSR count). The minimum absolute atomic E-state index is 0.218. The molecule has 0 saturated heterocycles. The van der Waals surface area contributed by atoms with Crippen LogP contribution in [0.3, 0.4) is 0 Å². The van der Waals surface area contributed by atoms with Crippen LogP contribution in [0.1, 0.15) is 34.6 Å². The number of sulfone groups is 1. The molecule has 0 bridgehead atoms. The average Bonchev–Trinajstić information content (AvgIpc) is 2.68. The Balaban J connectivity index is 1.75. The number of carbonyl (C=O) groups is 1. The third-order valence-electron chi connectivity index (χ3n) is 4.56. The summed E-state index contributed by atoms with van der Waals surface area (Å²) in [7, 11) is -3.24. The molecule has 0 radical (unpaired) electrons. The summed E-state index contributed by atoms with van der Waals surface area (Å²) in [6.07, 6.45) is 1.17. The van der Waals surface area contributed by atoms with Gasteiger partial charge in [-0.15, -0.1) is 0 Å². The lowest BCUT2D eigenvalue weighted by atomic mass is 10.1. The van der Waals surface area contributed by atoms with E-state index in [0.717, 1.165) is 16.8 Å². The van der Waals surface area contributed by atoms with Crippen molar-refractivity contribution in [3.8, 4) is 11.3 Å². The smallest absolute Gasteiger partial charge is 0.253 e. The van der Waals surface area contributed by atoms with Gasteiger partial charge in [-0.05, 0) is 43.7 Å². The number of hydrogen-bond acceptors (Lipinski definition) is 4. The summed E-state index contributed by atoms with van der Waals surface area (Å²) < 4.78 is 23.1. The van der Waals surface area contributed by atoms with E-state index in [1.807, 2.05) is 50.2 Å². The van der Waals surface area contributed by atoms with Gasteiger partial charge in [-0.3, -0.25) is 9.78 Å². The molecule has 1 atom stereocenters. The standard InChI is InChI=1S/C22H22N2O3S/c1-15(17-9-11-19(12-10-17)28(3,26)27)24-22(25)20-13-14-21(23-16(20)2)18-7-5-4-6-8-18/h4-15H,1-3H3,(H,24,25). The summed E-state index contributed by atoms with van der Waals surface area (Å²) in [5.74, 6) is -0.218. The summed E-state index contributed by atoms with van der Waals surface area (Å²) in [4.78, 5) is 17.5. The van der Waals surface area contributed by atoms with Crippen LogP contribution in [-0.2, 0) is 9.84 Å². The lowest BCUT2D eigenvalue weighted by Gasteiger charge is -2.16. The molecule has 5 nitrogen and oxygen atoms in total. The number of carbonyl (C=O) groups excluding carboxylic acids is 1. The molecule has 0 aliphatic carbocycles. The highest BCUT2D eigenvalue weighted by molar-refractivity contribution is 7.90. The number of nitrogens with one attached hydrogen (secondary N) is 1. The largest absolute Gasteiger partial charge is 0.345 e. The molecule has 1 amide bonds. The van der Waals surface area contributed by atoms with Gasteiger partial charge < -0.3 is 5.32 Å². The molecule has 6 heteroatoms. The van der Waals surface area contributed by atoms with E-state index >= 15 is 0 Å². The highest BCUT2D eigenvalue weighted by atomic mass is 32.2. The maximum Gasteiger partial charge on any atom is 0.253 e. The predicted molar refractivity (Wildman–Crippen MR) is 110 cm³/mol. The fraction of sp³-hybridized carbons (Fsp3) is 0.182. The number of hydrogen-bond donors (Lipinski definition) is 1. The number of aromatic nitrogens is 1. The Morgan fingerprint density at radius 2 is 1.61 bits per heavy atom.